The van der Waals surface area contributed by atoms with Crippen molar-refractivity contribution in [3.05, 3.63) is 48.3 Å². The normalized spacial score (nSPS) is 17.2. The smallest absolute Gasteiger partial charge is 0.103 e. The summed E-state index contributed by atoms with van der Waals surface area (Å²) in [6.45, 7) is 0.869. The van der Waals surface area contributed by atoms with Crippen LogP contribution < -0.4 is 0 Å². The second kappa shape index (κ2) is 4.41. The molecule has 0 amide bonds. The van der Waals surface area contributed by atoms with Crippen LogP contribution in [0.15, 0.2) is 45.6 Å². The van der Waals surface area contributed by atoms with E-state index in [-0.39, 0.29) is 5.60 Å². The van der Waals surface area contributed by atoms with Gasteiger partial charge < -0.3 is 13.6 Å². The third-order valence-corrected chi connectivity index (χ3v) is 3.37. The molecule has 0 atom stereocenters. The summed E-state index contributed by atoms with van der Waals surface area (Å²) in [5, 5.41) is 0. The zero-order valence-electron chi connectivity index (χ0n) is 9.72. The van der Waals surface area contributed by atoms with Crippen LogP contribution in [-0.2, 0) is 17.6 Å². The molecule has 2 aromatic heterocycles. The highest BCUT2D eigenvalue weighted by Crippen LogP contribution is 2.37. The Balaban J connectivity index is 1.49. The van der Waals surface area contributed by atoms with Crippen molar-refractivity contribution in [2.75, 3.05) is 6.61 Å². The Morgan fingerprint density at radius 3 is 1.82 bits per heavy atom. The van der Waals surface area contributed by atoms with Crippen molar-refractivity contribution in [2.45, 2.75) is 31.3 Å². The Bertz CT molecular complexity index is 398. The van der Waals surface area contributed by atoms with Crippen LogP contribution in [0.3, 0.4) is 0 Å². The number of ether oxygens (including phenoxy) is 1. The quantitative estimate of drug-likeness (QED) is 0.718. The van der Waals surface area contributed by atoms with E-state index >= 15 is 0 Å². The second-order valence-corrected chi connectivity index (χ2v) is 4.63. The fraction of sp³-hybridized carbons (Fsp3) is 0.429. The standard InChI is InChI=1S/C14H16O3/c1-3-12(15-9-1)5-7-14(11-17-14)8-6-13-4-2-10-16-13/h1-4,9-10H,5-8,11H2. The van der Waals surface area contributed by atoms with Crippen molar-refractivity contribution in [3.63, 3.8) is 0 Å². The first kappa shape index (κ1) is 10.7. The number of furan rings is 2. The molecular formula is C14H16O3. The maximum Gasteiger partial charge on any atom is 0.103 e. The van der Waals surface area contributed by atoms with Gasteiger partial charge in [0, 0.05) is 12.8 Å². The predicted octanol–water partition coefficient (Wildman–Crippen LogP) is 3.21. The molecular weight excluding hydrogens is 216 g/mol. The van der Waals surface area contributed by atoms with E-state index in [2.05, 4.69) is 0 Å². The maximum atomic E-state index is 5.61. The zero-order valence-corrected chi connectivity index (χ0v) is 9.72. The molecule has 0 N–H and O–H groups in total. The number of hydrogen-bond donors (Lipinski definition) is 0. The summed E-state index contributed by atoms with van der Waals surface area (Å²) in [4.78, 5) is 0. The predicted molar refractivity (Wildman–Crippen MR) is 62.7 cm³/mol. The highest BCUT2D eigenvalue weighted by atomic mass is 16.6. The van der Waals surface area contributed by atoms with Crippen LogP contribution in [0.25, 0.3) is 0 Å². The van der Waals surface area contributed by atoms with Crippen molar-refractivity contribution in [2.24, 2.45) is 0 Å². The molecule has 0 radical (unpaired) electrons. The third-order valence-electron chi connectivity index (χ3n) is 3.37. The molecule has 2 aromatic rings. The lowest BCUT2D eigenvalue weighted by Gasteiger charge is -2.09. The fourth-order valence-corrected chi connectivity index (χ4v) is 2.13. The Labute approximate surface area is 100 Å². The van der Waals surface area contributed by atoms with Crippen LogP contribution in [0.4, 0.5) is 0 Å². The molecule has 0 bridgehead atoms. The average Bonchev–Trinajstić information content (AvgIpc) is 2.82. The van der Waals surface area contributed by atoms with E-state index in [0.717, 1.165) is 43.8 Å². The monoisotopic (exact) mass is 232 g/mol. The molecule has 3 nitrogen and oxygen atoms in total. The summed E-state index contributed by atoms with van der Waals surface area (Å²) in [5.74, 6) is 2.08. The zero-order chi connectivity index (χ0) is 11.6. The number of epoxide rings is 1. The lowest BCUT2D eigenvalue weighted by Crippen LogP contribution is -2.13. The molecule has 1 aliphatic rings. The van der Waals surface area contributed by atoms with Gasteiger partial charge in [0.05, 0.1) is 24.7 Å². The minimum Gasteiger partial charge on any atom is -0.469 e. The minimum atomic E-state index is 0.0690. The second-order valence-electron chi connectivity index (χ2n) is 4.63. The van der Waals surface area contributed by atoms with Gasteiger partial charge >= 0.3 is 0 Å². The van der Waals surface area contributed by atoms with Crippen molar-refractivity contribution < 1.29 is 13.6 Å². The molecule has 1 saturated heterocycles. The van der Waals surface area contributed by atoms with E-state index < -0.39 is 0 Å². The molecule has 1 fully saturated rings. The van der Waals surface area contributed by atoms with Gasteiger partial charge in [-0.25, -0.2) is 0 Å². The number of hydrogen-bond acceptors (Lipinski definition) is 3. The van der Waals surface area contributed by atoms with Crippen molar-refractivity contribution in [1.82, 2.24) is 0 Å². The van der Waals surface area contributed by atoms with Gasteiger partial charge in [-0.2, -0.15) is 0 Å². The Hall–Kier alpha value is -1.48. The molecule has 1 aliphatic heterocycles. The van der Waals surface area contributed by atoms with E-state index in [1.54, 1.807) is 12.5 Å². The molecule has 0 spiro atoms. The summed E-state index contributed by atoms with van der Waals surface area (Å²) < 4.78 is 16.3. The van der Waals surface area contributed by atoms with Crippen molar-refractivity contribution in [1.29, 1.82) is 0 Å². The van der Waals surface area contributed by atoms with Gasteiger partial charge in [0.1, 0.15) is 11.5 Å². The SMILES string of the molecule is c1coc(CCC2(CCc3ccco3)CO2)c1. The first-order chi connectivity index (χ1) is 8.36. The van der Waals surface area contributed by atoms with Crippen LogP contribution in [-0.4, -0.2) is 12.2 Å². The van der Waals surface area contributed by atoms with Crippen molar-refractivity contribution in [3.8, 4) is 0 Å². The molecule has 0 saturated carbocycles. The van der Waals surface area contributed by atoms with E-state index in [4.69, 9.17) is 13.6 Å². The minimum absolute atomic E-state index is 0.0690. The molecule has 3 heterocycles. The van der Waals surface area contributed by atoms with Gasteiger partial charge in [-0.15, -0.1) is 0 Å². The molecule has 0 unspecified atom stereocenters. The van der Waals surface area contributed by atoms with Gasteiger partial charge in [0.2, 0.25) is 0 Å². The van der Waals surface area contributed by atoms with Crippen molar-refractivity contribution >= 4 is 0 Å². The Morgan fingerprint density at radius 2 is 1.47 bits per heavy atom. The topological polar surface area (TPSA) is 38.8 Å². The van der Waals surface area contributed by atoms with E-state index in [1.807, 2.05) is 24.3 Å². The van der Waals surface area contributed by atoms with Crippen LogP contribution in [0, 0.1) is 0 Å². The fourth-order valence-electron chi connectivity index (χ4n) is 2.13. The molecule has 3 heteroatoms. The summed E-state index contributed by atoms with van der Waals surface area (Å²) >= 11 is 0. The van der Waals surface area contributed by atoms with Gasteiger partial charge in [0.25, 0.3) is 0 Å². The van der Waals surface area contributed by atoms with E-state index in [9.17, 15) is 0 Å². The highest BCUT2D eigenvalue weighted by molar-refractivity contribution is 5.05. The van der Waals surface area contributed by atoms with Gasteiger partial charge in [-0.05, 0) is 37.1 Å². The van der Waals surface area contributed by atoms with Crippen LogP contribution in [0.5, 0.6) is 0 Å². The van der Waals surface area contributed by atoms with Gasteiger partial charge in [-0.1, -0.05) is 0 Å². The molecule has 3 rings (SSSR count). The summed E-state index contributed by atoms with van der Waals surface area (Å²) in [7, 11) is 0. The van der Waals surface area contributed by atoms with Gasteiger partial charge in [-0.3, -0.25) is 0 Å². The highest BCUT2D eigenvalue weighted by Gasteiger charge is 2.43. The van der Waals surface area contributed by atoms with E-state index in [0.29, 0.717) is 0 Å². The molecule has 17 heavy (non-hydrogen) atoms. The summed E-state index contributed by atoms with van der Waals surface area (Å²) in [6.07, 6.45) is 7.40. The lowest BCUT2D eigenvalue weighted by molar-refractivity contribution is 0.265. The first-order valence-corrected chi connectivity index (χ1v) is 6.05. The van der Waals surface area contributed by atoms with Crippen LogP contribution >= 0.6 is 0 Å². The average molecular weight is 232 g/mol. The molecule has 0 aliphatic carbocycles. The van der Waals surface area contributed by atoms with Crippen LogP contribution in [0.2, 0.25) is 0 Å². The molecule has 0 aromatic carbocycles. The lowest BCUT2D eigenvalue weighted by atomic mass is 9.97. The maximum absolute atomic E-state index is 5.61. The first-order valence-electron chi connectivity index (χ1n) is 6.05. The molecule has 90 valence electrons. The number of aryl methyl sites for hydroxylation is 2. The largest absolute Gasteiger partial charge is 0.469 e. The van der Waals surface area contributed by atoms with Gasteiger partial charge in [0.15, 0.2) is 0 Å². The Morgan fingerprint density at radius 1 is 0.941 bits per heavy atom. The summed E-state index contributed by atoms with van der Waals surface area (Å²) in [6, 6.07) is 7.89. The Kier molecular flexibility index (Phi) is 2.77. The van der Waals surface area contributed by atoms with E-state index in [1.165, 1.54) is 0 Å². The third kappa shape index (κ3) is 2.61. The summed E-state index contributed by atoms with van der Waals surface area (Å²) in [5.41, 5.74) is 0.0690. The number of rotatable bonds is 6. The van der Waals surface area contributed by atoms with Crippen LogP contribution in [0.1, 0.15) is 24.4 Å².